The molecule has 0 heterocycles. The Labute approximate surface area is 245 Å². The van der Waals surface area contributed by atoms with E-state index in [1.54, 1.807) is 11.1 Å². The van der Waals surface area contributed by atoms with Crippen LogP contribution >= 0.6 is 0 Å². The molecule has 3 rings (SSSR count). The Morgan fingerprint density at radius 1 is 0.368 bits per heavy atom. The number of hydrogen-bond donors (Lipinski definition) is 0. The molecule has 0 spiro atoms. The van der Waals surface area contributed by atoms with Crippen molar-refractivity contribution in [2.45, 2.75) is 151 Å². The number of benzene rings is 1. The highest BCUT2D eigenvalue weighted by Gasteiger charge is 2.62. The summed E-state index contributed by atoms with van der Waals surface area (Å²) in [5.74, 6) is 0. The van der Waals surface area contributed by atoms with E-state index in [0.29, 0.717) is 11.1 Å². The highest BCUT2D eigenvalue weighted by molar-refractivity contribution is 6.90. The van der Waals surface area contributed by atoms with Gasteiger partial charge in [0.05, 0.1) is 32.3 Å². The van der Waals surface area contributed by atoms with Gasteiger partial charge in [-0.3, -0.25) is 0 Å². The fraction of sp³-hybridized carbons (Fsp3) is 0.750. The third kappa shape index (κ3) is 5.92. The normalized spacial score (nSPS) is 29.7. The van der Waals surface area contributed by atoms with Gasteiger partial charge in [-0.2, -0.15) is 0 Å². The maximum Gasteiger partial charge on any atom is 0.0569 e. The third-order valence-electron chi connectivity index (χ3n) is 9.95. The third-order valence-corrected chi connectivity index (χ3v) is 26.1. The smallest absolute Gasteiger partial charge is 0.0569 e. The fourth-order valence-corrected chi connectivity index (χ4v) is 33.8. The second-order valence-corrected chi connectivity index (χ2v) is 51.7. The molecule has 0 aromatic heterocycles. The van der Waals surface area contributed by atoms with Gasteiger partial charge < -0.3 is 0 Å². The molecule has 6 atom stereocenters. The predicted octanol–water partition coefficient (Wildman–Crippen LogP) is 11.8. The van der Waals surface area contributed by atoms with Gasteiger partial charge in [0.1, 0.15) is 0 Å². The van der Waals surface area contributed by atoms with Crippen molar-refractivity contribution < 1.29 is 0 Å². The van der Waals surface area contributed by atoms with Gasteiger partial charge in [-0.25, -0.2) is 0 Å². The second-order valence-electron chi connectivity index (χ2n) is 19.6. The highest BCUT2D eigenvalue weighted by atomic mass is 28.3. The van der Waals surface area contributed by atoms with Gasteiger partial charge in [0.2, 0.25) is 0 Å². The molecule has 1 aromatic carbocycles. The summed E-state index contributed by atoms with van der Waals surface area (Å²) in [6.07, 6.45) is 0. The largest absolute Gasteiger partial charge is 0.0693 e. The van der Waals surface area contributed by atoms with E-state index in [1.165, 1.54) is 0 Å². The number of fused-ring (bicyclic) bond motifs is 1. The van der Waals surface area contributed by atoms with Gasteiger partial charge in [-0.05, 0) is 44.4 Å². The molecule has 0 saturated heterocycles. The molecule has 0 bridgehead atoms. The fourth-order valence-electron chi connectivity index (χ4n) is 9.18. The van der Waals surface area contributed by atoms with E-state index >= 15 is 0 Å². The number of rotatable bonds is 6. The van der Waals surface area contributed by atoms with Crippen molar-refractivity contribution in [3.8, 4) is 0 Å². The van der Waals surface area contributed by atoms with Crippen molar-refractivity contribution in [3.63, 3.8) is 0 Å². The van der Waals surface area contributed by atoms with Gasteiger partial charge in [0.15, 0.2) is 0 Å². The Kier molecular flexibility index (Phi) is 8.56. The van der Waals surface area contributed by atoms with Crippen LogP contribution in [0.3, 0.4) is 0 Å². The Hall–Kier alpha value is 0.261. The van der Waals surface area contributed by atoms with Crippen molar-refractivity contribution in [3.05, 3.63) is 46.5 Å². The van der Waals surface area contributed by atoms with E-state index in [-0.39, 0.29) is 0 Å². The highest BCUT2D eigenvalue weighted by Crippen LogP contribution is 2.72. The van der Waals surface area contributed by atoms with Gasteiger partial charge in [-0.1, -0.05) is 153 Å². The van der Waals surface area contributed by atoms with E-state index in [2.05, 4.69) is 153 Å². The summed E-state index contributed by atoms with van der Waals surface area (Å²) in [6.45, 7) is 49.4. The summed E-state index contributed by atoms with van der Waals surface area (Å²) in [4.78, 5) is 0. The summed E-state index contributed by atoms with van der Waals surface area (Å²) in [6, 6.07) is 9.94. The molecular formula is C32H64Si6. The van der Waals surface area contributed by atoms with Crippen molar-refractivity contribution in [2.75, 3.05) is 0 Å². The van der Waals surface area contributed by atoms with Crippen LogP contribution in [0, 0.1) is 0 Å². The first-order chi connectivity index (χ1) is 16.7. The topological polar surface area (TPSA) is 0 Å². The molecule has 0 radical (unpaired) electrons. The molecule has 2 aliphatic carbocycles. The Balaban J connectivity index is 2.70. The zero-order chi connectivity index (χ0) is 29.6. The summed E-state index contributed by atoms with van der Waals surface area (Å²) in [7, 11) is -9.07. The van der Waals surface area contributed by atoms with Crippen LogP contribution in [0.1, 0.15) is 22.2 Å². The van der Waals surface area contributed by atoms with Gasteiger partial charge in [-0.15, -0.1) is 0 Å². The summed E-state index contributed by atoms with van der Waals surface area (Å²) in [5, 5.41) is 0. The Bertz CT molecular complexity index is 975. The minimum Gasteiger partial charge on any atom is -0.0693 e. The zero-order valence-corrected chi connectivity index (χ0v) is 34.8. The molecule has 0 fully saturated rings. The van der Waals surface area contributed by atoms with E-state index < -0.39 is 48.4 Å². The minimum absolute atomic E-state index is 0.693. The molecule has 6 heteroatoms. The molecule has 0 amide bonds. The number of allylic oxidation sites excluding steroid dienone is 2. The predicted molar refractivity (Wildman–Crippen MR) is 194 cm³/mol. The zero-order valence-electron chi connectivity index (χ0n) is 28.8. The molecule has 0 aliphatic heterocycles. The summed E-state index contributed by atoms with van der Waals surface area (Å²) < 4.78 is 0. The monoisotopic (exact) mass is 616 g/mol. The molecule has 0 unspecified atom stereocenters. The molecule has 2 aliphatic rings. The first-order valence-corrected chi connectivity index (χ1v) is 37.0. The van der Waals surface area contributed by atoms with Crippen molar-refractivity contribution in [2.24, 2.45) is 0 Å². The van der Waals surface area contributed by atoms with E-state index in [4.69, 9.17) is 0 Å². The lowest BCUT2D eigenvalue weighted by molar-refractivity contribution is 0.566. The van der Waals surface area contributed by atoms with Gasteiger partial charge >= 0.3 is 0 Å². The van der Waals surface area contributed by atoms with Crippen molar-refractivity contribution in [1.82, 2.24) is 0 Å². The molecule has 0 N–H and O–H groups in total. The molecular weight excluding hydrogens is 553 g/mol. The minimum atomic E-state index is -1.55. The average Bonchev–Trinajstić information content (AvgIpc) is 2.64. The van der Waals surface area contributed by atoms with Crippen LogP contribution in [-0.4, -0.2) is 48.4 Å². The average molecular weight is 617 g/mol. The van der Waals surface area contributed by atoms with Crippen LogP contribution in [0.15, 0.2) is 35.4 Å². The van der Waals surface area contributed by atoms with E-state index in [9.17, 15) is 0 Å². The first-order valence-electron chi connectivity index (χ1n) is 15.5. The molecule has 216 valence electrons. The molecule has 0 nitrogen and oxygen atoms in total. The maximum atomic E-state index is 2.76. The van der Waals surface area contributed by atoms with Gasteiger partial charge in [0.25, 0.3) is 0 Å². The van der Waals surface area contributed by atoms with Crippen LogP contribution in [0.4, 0.5) is 0 Å². The van der Waals surface area contributed by atoms with Crippen LogP contribution in [0.2, 0.25) is 140 Å². The SMILES string of the molecule is C[Si](C)(C)[C@H]1[C@H]([Si](C)(C)C)[C@@H]([Si](C)(C)C)C2=C([C@@H]([Si](C)(C)C)c3ccccc3[C@H]2[Si](C)(C)C)[C@H]1[Si](C)(C)C. The van der Waals surface area contributed by atoms with Gasteiger partial charge in [0, 0.05) is 16.1 Å². The summed E-state index contributed by atoms with van der Waals surface area (Å²) in [5.41, 5.74) is 12.6. The van der Waals surface area contributed by atoms with Crippen molar-refractivity contribution in [1.29, 1.82) is 0 Å². The van der Waals surface area contributed by atoms with Crippen molar-refractivity contribution >= 4 is 48.4 Å². The lowest BCUT2D eigenvalue weighted by Gasteiger charge is -2.64. The Morgan fingerprint density at radius 3 is 0.816 bits per heavy atom. The lowest BCUT2D eigenvalue weighted by atomic mass is 9.76. The molecule has 38 heavy (non-hydrogen) atoms. The van der Waals surface area contributed by atoms with E-state index in [0.717, 1.165) is 22.2 Å². The Morgan fingerprint density at radius 2 is 0.632 bits per heavy atom. The van der Waals surface area contributed by atoms with Crippen LogP contribution in [0.25, 0.3) is 0 Å². The lowest BCUT2D eigenvalue weighted by Crippen LogP contribution is -2.58. The van der Waals surface area contributed by atoms with Crippen LogP contribution in [0.5, 0.6) is 0 Å². The van der Waals surface area contributed by atoms with E-state index in [1.807, 2.05) is 0 Å². The number of hydrogen-bond acceptors (Lipinski definition) is 0. The maximum absolute atomic E-state index is 2.76. The van der Waals surface area contributed by atoms with Crippen LogP contribution in [-0.2, 0) is 0 Å². The van der Waals surface area contributed by atoms with Crippen LogP contribution < -0.4 is 0 Å². The quantitative estimate of drug-likeness (QED) is 0.220. The molecule has 0 saturated carbocycles. The summed E-state index contributed by atoms with van der Waals surface area (Å²) >= 11 is 0. The standard InChI is InChI=1S/C32H64Si6/c1-33(2,3)27-23-21-19-20-22-24(23)28(34(4,5)6)26-25(27)29(35(7,8)9)31(37(13,14)15)32(38(16,17)18)30(26)36(10,11)12/h19-22,27-32H,1-18H3/t27-,28+,29+,30-,31-,32-/m1/s1. The second kappa shape index (κ2) is 9.92. The molecule has 1 aromatic rings. The first kappa shape index (κ1) is 32.8.